The molecule has 0 aliphatic carbocycles. The van der Waals surface area contributed by atoms with Crippen LogP contribution in [0.15, 0.2) is 41.4 Å². The van der Waals surface area contributed by atoms with Crippen LogP contribution in [-0.4, -0.2) is 11.3 Å². The van der Waals surface area contributed by atoms with Crippen LogP contribution in [0.1, 0.15) is 58.2 Å². The maximum atomic E-state index is 14.2. The average Bonchev–Trinajstić information content (AvgIpc) is 2.77. The van der Waals surface area contributed by atoms with Gasteiger partial charge in [0.25, 0.3) is 0 Å². The molecule has 0 bridgehead atoms. The summed E-state index contributed by atoms with van der Waals surface area (Å²) in [5.74, 6) is -10.3. The molecule has 0 spiro atoms. The van der Waals surface area contributed by atoms with Crippen molar-refractivity contribution in [2.45, 2.75) is 52.4 Å². The highest BCUT2D eigenvalue weighted by Gasteiger charge is 2.27. The predicted octanol–water partition coefficient (Wildman–Crippen LogP) is 8.18. The number of aromatic hydroxyl groups is 1. The Morgan fingerprint density at radius 1 is 0.771 bits per heavy atom. The summed E-state index contributed by atoms with van der Waals surface area (Å²) in [5.41, 5.74) is 0.517. The molecule has 3 nitrogen and oxygen atoms in total. The van der Waals surface area contributed by atoms with E-state index in [1.165, 1.54) is 24.4 Å². The van der Waals surface area contributed by atoms with Gasteiger partial charge in [0.2, 0.25) is 5.82 Å². The molecule has 0 unspecified atom stereocenters. The molecule has 35 heavy (non-hydrogen) atoms. The maximum absolute atomic E-state index is 14.2. The van der Waals surface area contributed by atoms with E-state index >= 15 is 0 Å². The Balaban J connectivity index is 2.09. The fourth-order valence-electron chi connectivity index (χ4n) is 3.44. The Bertz CT molecular complexity index is 1280. The lowest BCUT2D eigenvalue weighted by Gasteiger charge is -2.27. The predicted molar refractivity (Wildman–Crippen MR) is 129 cm³/mol. The van der Waals surface area contributed by atoms with Gasteiger partial charge in [-0.2, -0.15) is 0 Å². The number of anilines is 2. The summed E-state index contributed by atoms with van der Waals surface area (Å²) in [6, 6.07) is 9.75. The lowest BCUT2D eigenvalue weighted by molar-refractivity contribution is 0.382. The van der Waals surface area contributed by atoms with Gasteiger partial charge in [0.05, 0.1) is 11.4 Å². The maximum Gasteiger partial charge on any atom is 0.200 e. The standard InChI is InChI=1S/C27H27F5N2O/c1-26(2,3)15-11-14(25(35)16(12-15)27(4,5)6)13-33-17-9-7-8-10-18(17)34-24-22(31)20(29)19(28)21(30)23(24)32/h7-13,34-35H,1-6H3. The highest BCUT2D eigenvalue weighted by Crippen LogP contribution is 2.38. The first kappa shape index (κ1) is 26.2. The smallest absolute Gasteiger partial charge is 0.200 e. The van der Waals surface area contributed by atoms with Crippen molar-refractivity contribution in [3.05, 3.63) is 82.2 Å². The molecule has 3 aromatic rings. The number of phenols is 1. The number of para-hydroxylation sites is 2. The van der Waals surface area contributed by atoms with Crippen molar-refractivity contribution < 1.29 is 27.1 Å². The third-order valence-corrected chi connectivity index (χ3v) is 5.53. The molecule has 0 heterocycles. The van der Waals surface area contributed by atoms with Crippen LogP contribution in [0.5, 0.6) is 5.75 Å². The molecular formula is C27H27F5N2O. The van der Waals surface area contributed by atoms with Crippen molar-refractivity contribution in [3.63, 3.8) is 0 Å². The van der Waals surface area contributed by atoms with E-state index in [1.54, 1.807) is 12.1 Å². The van der Waals surface area contributed by atoms with Crippen LogP contribution in [-0.2, 0) is 10.8 Å². The highest BCUT2D eigenvalue weighted by atomic mass is 19.2. The van der Waals surface area contributed by atoms with E-state index in [2.05, 4.69) is 10.3 Å². The highest BCUT2D eigenvalue weighted by molar-refractivity contribution is 5.88. The van der Waals surface area contributed by atoms with Crippen molar-refractivity contribution in [2.75, 3.05) is 5.32 Å². The topological polar surface area (TPSA) is 44.6 Å². The zero-order valence-electron chi connectivity index (χ0n) is 20.3. The lowest BCUT2D eigenvalue weighted by atomic mass is 9.79. The summed E-state index contributed by atoms with van der Waals surface area (Å²) in [7, 11) is 0. The summed E-state index contributed by atoms with van der Waals surface area (Å²) in [6.07, 6.45) is 1.40. The number of halogens is 5. The molecular weight excluding hydrogens is 463 g/mol. The van der Waals surface area contributed by atoms with Crippen LogP contribution in [0.3, 0.4) is 0 Å². The number of hydrogen-bond acceptors (Lipinski definition) is 3. The van der Waals surface area contributed by atoms with Crippen molar-refractivity contribution in [3.8, 4) is 5.75 Å². The van der Waals surface area contributed by atoms with Crippen LogP contribution >= 0.6 is 0 Å². The SMILES string of the molecule is CC(C)(C)c1cc(C=Nc2ccccc2Nc2c(F)c(F)c(F)c(F)c2F)c(O)c(C(C)(C)C)c1. The number of nitrogens with one attached hydrogen (secondary N) is 1. The number of rotatable bonds is 4. The lowest BCUT2D eigenvalue weighted by Crippen LogP contribution is -2.17. The summed E-state index contributed by atoms with van der Waals surface area (Å²) < 4.78 is 69.0. The zero-order chi connectivity index (χ0) is 26.3. The number of nitrogens with zero attached hydrogens (tertiary/aromatic N) is 1. The third kappa shape index (κ3) is 5.31. The first-order valence-corrected chi connectivity index (χ1v) is 10.9. The van der Waals surface area contributed by atoms with Gasteiger partial charge < -0.3 is 10.4 Å². The average molecular weight is 491 g/mol. The Labute approximate surface area is 201 Å². The minimum absolute atomic E-state index is 0.00877. The van der Waals surface area contributed by atoms with Crippen LogP contribution < -0.4 is 5.32 Å². The zero-order valence-corrected chi connectivity index (χ0v) is 20.3. The monoisotopic (exact) mass is 490 g/mol. The second kappa shape index (κ2) is 9.32. The molecule has 0 aliphatic heterocycles. The van der Waals surface area contributed by atoms with E-state index in [0.717, 1.165) is 11.1 Å². The number of aliphatic imine (C=N–C) groups is 1. The number of benzene rings is 3. The summed E-state index contributed by atoms with van der Waals surface area (Å²) in [5, 5.41) is 13.2. The molecule has 186 valence electrons. The molecule has 0 saturated heterocycles. The van der Waals surface area contributed by atoms with Crippen molar-refractivity contribution in [1.29, 1.82) is 0 Å². The summed E-state index contributed by atoms with van der Waals surface area (Å²) >= 11 is 0. The van der Waals surface area contributed by atoms with Crippen LogP contribution in [0, 0.1) is 29.1 Å². The molecule has 0 atom stereocenters. The van der Waals surface area contributed by atoms with Crippen molar-refractivity contribution in [2.24, 2.45) is 4.99 Å². The van der Waals surface area contributed by atoms with Crippen LogP contribution in [0.4, 0.5) is 39.0 Å². The van der Waals surface area contributed by atoms with Gasteiger partial charge in [-0.1, -0.05) is 59.7 Å². The molecule has 0 aliphatic rings. The van der Waals surface area contributed by atoms with E-state index < -0.39 is 34.8 Å². The van der Waals surface area contributed by atoms with Crippen LogP contribution in [0.2, 0.25) is 0 Å². The normalized spacial score (nSPS) is 12.4. The molecule has 3 rings (SSSR count). The Kier molecular flexibility index (Phi) is 6.97. The number of hydrogen-bond donors (Lipinski definition) is 2. The molecule has 0 fully saturated rings. The molecule has 0 amide bonds. The minimum Gasteiger partial charge on any atom is -0.507 e. The molecule has 0 aromatic heterocycles. The summed E-state index contributed by atoms with van der Waals surface area (Å²) in [4.78, 5) is 4.35. The van der Waals surface area contributed by atoms with Crippen molar-refractivity contribution in [1.82, 2.24) is 0 Å². The van der Waals surface area contributed by atoms with Crippen LogP contribution in [0.25, 0.3) is 0 Å². The van der Waals surface area contributed by atoms with Crippen molar-refractivity contribution >= 4 is 23.3 Å². The van der Waals surface area contributed by atoms with Gasteiger partial charge in [0.15, 0.2) is 23.3 Å². The second-order valence-electron chi connectivity index (χ2n) is 10.3. The van der Waals surface area contributed by atoms with E-state index in [0.29, 0.717) is 5.56 Å². The van der Waals surface area contributed by atoms with Gasteiger partial charge >= 0.3 is 0 Å². The fourth-order valence-corrected chi connectivity index (χ4v) is 3.44. The van der Waals surface area contributed by atoms with Gasteiger partial charge in [0.1, 0.15) is 11.4 Å². The van der Waals surface area contributed by atoms with Gasteiger partial charge in [0, 0.05) is 17.3 Å². The second-order valence-corrected chi connectivity index (χ2v) is 10.3. The third-order valence-electron chi connectivity index (χ3n) is 5.53. The van der Waals surface area contributed by atoms with E-state index in [9.17, 15) is 27.1 Å². The first-order chi connectivity index (χ1) is 16.1. The van der Waals surface area contributed by atoms with E-state index in [4.69, 9.17) is 0 Å². The molecule has 0 radical (unpaired) electrons. The fraction of sp³-hybridized carbons (Fsp3) is 0.296. The molecule has 3 aromatic carbocycles. The quantitative estimate of drug-likeness (QED) is 0.168. The van der Waals surface area contributed by atoms with Gasteiger partial charge in [-0.25, -0.2) is 22.0 Å². The largest absolute Gasteiger partial charge is 0.507 e. The van der Waals surface area contributed by atoms with Gasteiger partial charge in [-0.05, 0) is 34.6 Å². The van der Waals surface area contributed by atoms with Gasteiger partial charge in [-0.15, -0.1) is 0 Å². The Morgan fingerprint density at radius 2 is 1.31 bits per heavy atom. The molecule has 0 saturated carbocycles. The molecule has 8 heteroatoms. The van der Waals surface area contributed by atoms with Gasteiger partial charge in [-0.3, -0.25) is 4.99 Å². The minimum atomic E-state index is -2.24. The van der Waals surface area contributed by atoms with E-state index in [-0.39, 0.29) is 28.0 Å². The van der Waals surface area contributed by atoms with E-state index in [1.807, 2.05) is 47.6 Å². The Hall–Kier alpha value is -3.42. The first-order valence-electron chi connectivity index (χ1n) is 10.9. The number of phenolic OH excluding ortho intramolecular Hbond substituents is 1. The summed E-state index contributed by atoms with van der Waals surface area (Å²) in [6.45, 7) is 12.0. The molecule has 2 N–H and O–H groups in total. The Morgan fingerprint density at radius 3 is 1.86 bits per heavy atom.